The second kappa shape index (κ2) is 7.28. The van der Waals surface area contributed by atoms with Gasteiger partial charge in [-0.25, -0.2) is 4.79 Å². The van der Waals surface area contributed by atoms with Crippen LogP contribution in [0.2, 0.25) is 5.02 Å². The summed E-state index contributed by atoms with van der Waals surface area (Å²) in [5.74, 6) is -0.445. The fraction of sp³-hybridized carbons (Fsp3) is 0.0588. The Morgan fingerprint density at radius 1 is 1.19 bits per heavy atom. The van der Waals surface area contributed by atoms with Crippen LogP contribution in [0.15, 0.2) is 54.6 Å². The predicted molar refractivity (Wildman–Crippen MR) is 81.4 cm³/mol. The van der Waals surface area contributed by atoms with E-state index in [0.29, 0.717) is 10.6 Å². The third-order valence-corrected chi connectivity index (χ3v) is 3.11. The molecule has 0 fully saturated rings. The van der Waals surface area contributed by atoms with Crippen LogP contribution in [0.5, 0.6) is 0 Å². The Balaban J connectivity index is 1.90. The van der Waals surface area contributed by atoms with E-state index >= 15 is 0 Å². The molecule has 0 aliphatic rings. The molecule has 4 heteroatoms. The lowest BCUT2D eigenvalue weighted by atomic mass is 10.2. The third kappa shape index (κ3) is 4.48. The SMILES string of the molecule is N#Cc1ccc(COC(=O)/C=C/c2ccccc2Cl)cc1. The number of ether oxygens (including phenoxy) is 1. The normalized spacial score (nSPS) is 10.3. The molecule has 2 rings (SSSR count). The van der Waals surface area contributed by atoms with Crippen LogP contribution in [0.25, 0.3) is 6.08 Å². The number of carbonyl (C=O) groups excluding carboxylic acids is 1. The van der Waals surface area contributed by atoms with Crippen LogP contribution in [0.3, 0.4) is 0 Å². The van der Waals surface area contributed by atoms with E-state index in [0.717, 1.165) is 11.1 Å². The van der Waals surface area contributed by atoms with E-state index in [1.54, 1.807) is 36.4 Å². The number of esters is 1. The Kier molecular flexibility index (Phi) is 5.14. The average molecular weight is 298 g/mol. The van der Waals surface area contributed by atoms with E-state index in [9.17, 15) is 4.79 Å². The fourth-order valence-electron chi connectivity index (χ4n) is 1.65. The zero-order valence-corrected chi connectivity index (χ0v) is 11.9. The first kappa shape index (κ1) is 14.8. The highest BCUT2D eigenvalue weighted by Crippen LogP contribution is 2.16. The molecule has 0 aromatic heterocycles. The predicted octanol–water partition coefficient (Wildman–Crippen LogP) is 3.97. The molecule has 0 bridgehead atoms. The molecule has 2 aromatic rings. The van der Waals surface area contributed by atoms with Gasteiger partial charge >= 0.3 is 5.97 Å². The van der Waals surface area contributed by atoms with Crippen LogP contribution in [0.1, 0.15) is 16.7 Å². The Morgan fingerprint density at radius 3 is 2.57 bits per heavy atom. The Labute approximate surface area is 128 Å². The standard InChI is InChI=1S/C17H12ClNO2/c18-16-4-2-1-3-15(16)9-10-17(20)21-12-14-7-5-13(11-19)6-8-14/h1-10H,12H2/b10-9+. The first-order chi connectivity index (χ1) is 10.2. The molecule has 104 valence electrons. The van der Waals surface area contributed by atoms with Gasteiger partial charge in [0.05, 0.1) is 11.6 Å². The number of hydrogen-bond acceptors (Lipinski definition) is 3. The molecule has 0 saturated carbocycles. The average Bonchev–Trinajstić information content (AvgIpc) is 2.52. The van der Waals surface area contributed by atoms with Gasteiger partial charge in [-0.3, -0.25) is 0 Å². The minimum Gasteiger partial charge on any atom is -0.458 e. The second-order valence-corrected chi connectivity index (χ2v) is 4.68. The van der Waals surface area contributed by atoms with Crippen LogP contribution in [-0.4, -0.2) is 5.97 Å². The molecule has 0 atom stereocenters. The highest BCUT2D eigenvalue weighted by molar-refractivity contribution is 6.32. The molecule has 0 aliphatic heterocycles. The molecule has 2 aromatic carbocycles. The van der Waals surface area contributed by atoms with Crippen molar-refractivity contribution < 1.29 is 9.53 Å². The summed E-state index contributed by atoms with van der Waals surface area (Å²) in [5.41, 5.74) is 2.16. The van der Waals surface area contributed by atoms with Crippen molar-refractivity contribution in [3.8, 4) is 6.07 Å². The number of nitrogens with zero attached hydrogens (tertiary/aromatic N) is 1. The number of nitriles is 1. The van der Waals surface area contributed by atoms with E-state index in [1.807, 2.05) is 24.3 Å². The smallest absolute Gasteiger partial charge is 0.331 e. The summed E-state index contributed by atoms with van der Waals surface area (Å²) in [6.07, 6.45) is 2.95. The number of hydrogen-bond donors (Lipinski definition) is 0. The maximum Gasteiger partial charge on any atom is 0.331 e. The lowest BCUT2D eigenvalue weighted by molar-refractivity contribution is -0.138. The highest BCUT2D eigenvalue weighted by atomic mass is 35.5. The van der Waals surface area contributed by atoms with Gasteiger partial charge in [0.25, 0.3) is 0 Å². The van der Waals surface area contributed by atoms with E-state index in [-0.39, 0.29) is 6.61 Å². The Morgan fingerprint density at radius 2 is 1.90 bits per heavy atom. The molecule has 0 radical (unpaired) electrons. The van der Waals surface area contributed by atoms with Crippen LogP contribution in [0.4, 0.5) is 0 Å². The molecule has 0 heterocycles. The lowest BCUT2D eigenvalue weighted by Crippen LogP contribution is -2.00. The van der Waals surface area contributed by atoms with Gasteiger partial charge in [-0.15, -0.1) is 0 Å². The van der Waals surface area contributed by atoms with Crippen LogP contribution >= 0.6 is 11.6 Å². The summed E-state index contributed by atoms with van der Waals surface area (Å²) >= 11 is 5.98. The zero-order valence-electron chi connectivity index (χ0n) is 11.1. The molecule has 0 N–H and O–H groups in total. The van der Waals surface area contributed by atoms with Gasteiger partial charge in [0.15, 0.2) is 0 Å². The van der Waals surface area contributed by atoms with Crippen molar-refractivity contribution in [2.75, 3.05) is 0 Å². The van der Waals surface area contributed by atoms with E-state index < -0.39 is 5.97 Å². The van der Waals surface area contributed by atoms with Crippen molar-refractivity contribution in [2.45, 2.75) is 6.61 Å². The molecular formula is C17H12ClNO2. The summed E-state index contributed by atoms with van der Waals surface area (Å²) in [6, 6.07) is 16.1. The summed E-state index contributed by atoms with van der Waals surface area (Å²) in [6.45, 7) is 0.164. The van der Waals surface area contributed by atoms with Gasteiger partial charge in [-0.1, -0.05) is 41.9 Å². The van der Waals surface area contributed by atoms with Crippen LogP contribution in [0, 0.1) is 11.3 Å². The summed E-state index contributed by atoms with van der Waals surface area (Å²) in [7, 11) is 0. The van der Waals surface area contributed by atoms with E-state index in [2.05, 4.69) is 0 Å². The topological polar surface area (TPSA) is 50.1 Å². The second-order valence-electron chi connectivity index (χ2n) is 4.27. The highest BCUT2D eigenvalue weighted by Gasteiger charge is 2.00. The van der Waals surface area contributed by atoms with Crippen molar-refractivity contribution in [3.63, 3.8) is 0 Å². The van der Waals surface area contributed by atoms with Crippen molar-refractivity contribution in [2.24, 2.45) is 0 Å². The summed E-state index contributed by atoms with van der Waals surface area (Å²) < 4.78 is 5.11. The first-order valence-electron chi connectivity index (χ1n) is 6.27. The van der Waals surface area contributed by atoms with E-state index in [1.165, 1.54) is 6.08 Å². The molecule has 0 spiro atoms. The zero-order chi connectivity index (χ0) is 15.1. The van der Waals surface area contributed by atoms with Crippen molar-refractivity contribution in [1.29, 1.82) is 5.26 Å². The molecule has 0 amide bonds. The van der Waals surface area contributed by atoms with Crippen LogP contribution < -0.4 is 0 Å². The Hall–Kier alpha value is -2.57. The summed E-state index contributed by atoms with van der Waals surface area (Å²) in [4.78, 5) is 11.6. The van der Waals surface area contributed by atoms with Gasteiger partial charge < -0.3 is 4.74 Å². The minimum atomic E-state index is -0.445. The van der Waals surface area contributed by atoms with Crippen molar-refractivity contribution >= 4 is 23.6 Å². The fourth-order valence-corrected chi connectivity index (χ4v) is 1.84. The molecule has 3 nitrogen and oxygen atoms in total. The maximum absolute atomic E-state index is 11.6. The van der Waals surface area contributed by atoms with Crippen molar-refractivity contribution in [3.05, 3.63) is 76.3 Å². The Bertz CT molecular complexity index is 699. The molecule has 0 unspecified atom stereocenters. The summed E-state index contributed by atoms with van der Waals surface area (Å²) in [5, 5.41) is 9.27. The number of carbonyl (C=O) groups is 1. The number of benzene rings is 2. The maximum atomic E-state index is 11.6. The van der Waals surface area contributed by atoms with Crippen molar-refractivity contribution in [1.82, 2.24) is 0 Å². The molecule has 0 aliphatic carbocycles. The monoisotopic (exact) mass is 297 g/mol. The molecule has 21 heavy (non-hydrogen) atoms. The van der Waals surface area contributed by atoms with E-state index in [4.69, 9.17) is 21.6 Å². The van der Waals surface area contributed by atoms with Gasteiger partial charge in [0, 0.05) is 11.1 Å². The van der Waals surface area contributed by atoms with Gasteiger partial charge in [0.1, 0.15) is 6.61 Å². The van der Waals surface area contributed by atoms with Gasteiger partial charge in [-0.2, -0.15) is 5.26 Å². The lowest BCUT2D eigenvalue weighted by Gasteiger charge is -2.02. The quantitative estimate of drug-likeness (QED) is 0.634. The van der Waals surface area contributed by atoms with Crippen LogP contribution in [-0.2, 0) is 16.1 Å². The molecule has 0 saturated heterocycles. The van der Waals surface area contributed by atoms with Gasteiger partial charge in [0.2, 0.25) is 0 Å². The largest absolute Gasteiger partial charge is 0.458 e. The van der Waals surface area contributed by atoms with Gasteiger partial charge in [-0.05, 0) is 35.4 Å². The first-order valence-corrected chi connectivity index (χ1v) is 6.65. The number of rotatable bonds is 4. The number of halogens is 1. The minimum absolute atomic E-state index is 0.164. The third-order valence-electron chi connectivity index (χ3n) is 2.77. The molecular weight excluding hydrogens is 286 g/mol.